The van der Waals surface area contributed by atoms with Crippen LogP contribution in [0.15, 0.2) is 109 Å². The molecular weight excluding hydrogens is 781 g/mol. The maximum Gasteiger partial charge on any atom is 0.306 e. The maximum absolute atomic E-state index is 12.8. The number of carbonyl (C=O) groups is 3. The number of hydrogen-bond donors (Lipinski definition) is 0. The van der Waals surface area contributed by atoms with E-state index in [4.69, 9.17) is 14.2 Å². The molecular formula is C57H92O6. The van der Waals surface area contributed by atoms with Gasteiger partial charge in [0.25, 0.3) is 0 Å². The van der Waals surface area contributed by atoms with Crippen LogP contribution in [0.25, 0.3) is 0 Å². The summed E-state index contributed by atoms with van der Waals surface area (Å²) in [5.74, 6) is -0.996. The molecule has 63 heavy (non-hydrogen) atoms. The van der Waals surface area contributed by atoms with E-state index in [1.165, 1.54) is 51.4 Å². The number of rotatable bonds is 44. The lowest BCUT2D eigenvalue weighted by molar-refractivity contribution is -0.167. The molecule has 0 aromatic carbocycles. The number of hydrogen-bond acceptors (Lipinski definition) is 6. The summed E-state index contributed by atoms with van der Waals surface area (Å²) in [5, 5.41) is 0. The van der Waals surface area contributed by atoms with Crippen molar-refractivity contribution in [1.29, 1.82) is 0 Å². The minimum absolute atomic E-state index is 0.109. The molecule has 0 aromatic rings. The van der Waals surface area contributed by atoms with Crippen molar-refractivity contribution in [2.75, 3.05) is 13.2 Å². The Labute approximate surface area is 387 Å². The van der Waals surface area contributed by atoms with Gasteiger partial charge in [0, 0.05) is 19.3 Å². The molecule has 0 N–H and O–H groups in total. The SMILES string of the molecule is CC/C=C\C/C=C\C/C=C\C/C=C\C/C=C\CCCC(=O)OC[C@H](COC(=O)CCCCCC/C=C\C/C=C\C/C=C\C/C=C\CC)OC(=O)CCCCCCCCCCCCC. The highest BCUT2D eigenvalue weighted by atomic mass is 16.6. The van der Waals surface area contributed by atoms with Crippen molar-refractivity contribution in [3.05, 3.63) is 109 Å². The van der Waals surface area contributed by atoms with Crippen LogP contribution in [-0.2, 0) is 28.6 Å². The Bertz CT molecular complexity index is 1330. The van der Waals surface area contributed by atoms with Crippen molar-refractivity contribution in [1.82, 2.24) is 0 Å². The highest BCUT2D eigenvalue weighted by Gasteiger charge is 2.19. The summed E-state index contributed by atoms with van der Waals surface area (Å²) < 4.78 is 16.7. The van der Waals surface area contributed by atoms with E-state index in [0.717, 1.165) is 116 Å². The normalized spacial score (nSPS) is 13.0. The van der Waals surface area contributed by atoms with Crippen LogP contribution in [0.3, 0.4) is 0 Å². The molecule has 0 aliphatic rings. The van der Waals surface area contributed by atoms with Crippen molar-refractivity contribution in [3.8, 4) is 0 Å². The number of unbranched alkanes of at least 4 members (excludes halogenated alkanes) is 15. The van der Waals surface area contributed by atoms with Crippen LogP contribution in [0.4, 0.5) is 0 Å². The number of ether oxygens (including phenoxy) is 3. The Hall–Kier alpha value is -3.93. The Balaban J connectivity index is 4.50. The maximum atomic E-state index is 12.8. The second-order valence-corrected chi connectivity index (χ2v) is 16.3. The molecule has 0 spiro atoms. The average molecular weight is 873 g/mol. The molecule has 0 fully saturated rings. The first kappa shape index (κ1) is 59.1. The number of carbonyl (C=O) groups excluding carboxylic acids is 3. The fourth-order valence-electron chi connectivity index (χ4n) is 6.53. The monoisotopic (exact) mass is 873 g/mol. The highest BCUT2D eigenvalue weighted by molar-refractivity contribution is 5.71. The van der Waals surface area contributed by atoms with Crippen LogP contribution in [0.2, 0.25) is 0 Å². The third-order valence-corrected chi connectivity index (χ3v) is 10.3. The Kier molecular flexibility index (Phi) is 47.5. The van der Waals surface area contributed by atoms with Crippen molar-refractivity contribution in [3.63, 3.8) is 0 Å². The summed E-state index contributed by atoms with van der Waals surface area (Å²) in [4.78, 5) is 37.9. The molecule has 0 radical (unpaired) electrons. The molecule has 6 nitrogen and oxygen atoms in total. The van der Waals surface area contributed by atoms with Gasteiger partial charge in [-0.15, -0.1) is 0 Å². The zero-order valence-electron chi connectivity index (χ0n) is 40.5. The number of allylic oxidation sites excluding steroid dienone is 18. The van der Waals surface area contributed by atoms with E-state index in [1.54, 1.807) is 0 Å². The zero-order valence-corrected chi connectivity index (χ0v) is 40.5. The summed E-state index contributed by atoms with van der Waals surface area (Å²) in [6.45, 7) is 6.32. The molecule has 6 heteroatoms. The van der Waals surface area contributed by atoms with Crippen LogP contribution in [-0.4, -0.2) is 37.2 Å². The van der Waals surface area contributed by atoms with Crippen LogP contribution in [0, 0.1) is 0 Å². The molecule has 0 unspecified atom stereocenters. The summed E-state index contributed by atoms with van der Waals surface area (Å²) >= 11 is 0. The lowest BCUT2D eigenvalue weighted by Crippen LogP contribution is -2.30. The van der Waals surface area contributed by atoms with E-state index >= 15 is 0 Å². The summed E-state index contributed by atoms with van der Waals surface area (Å²) in [7, 11) is 0. The van der Waals surface area contributed by atoms with E-state index in [9.17, 15) is 14.4 Å². The molecule has 0 saturated heterocycles. The summed E-state index contributed by atoms with van der Waals surface area (Å²) in [6, 6.07) is 0. The molecule has 0 saturated carbocycles. The van der Waals surface area contributed by atoms with E-state index in [1.807, 2.05) is 0 Å². The van der Waals surface area contributed by atoms with Crippen molar-refractivity contribution in [2.45, 2.75) is 219 Å². The molecule has 0 aromatic heterocycles. The first-order chi connectivity index (χ1) is 31.0. The van der Waals surface area contributed by atoms with Gasteiger partial charge in [0.2, 0.25) is 0 Å². The Morgan fingerprint density at radius 1 is 0.333 bits per heavy atom. The van der Waals surface area contributed by atoms with Crippen LogP contribution in [0.1, 0.15) is 213 Å². The van der Waals surface area contributed by atoms with Gasteiger partial charge < -0.3 is 14.2 Å². The second kappa shape index (κ2) is 50.7. The first-order valence-corrected chi connectivity index (χ1v) is 25.4. The van der Waals surface area contributed by atoms with Gasteiger partial charge in [0.1, 0.15) is 13.2 Å². The van der Waals surface area contributed by atoms with Crippen molar-refractivity contribution < 1.29 is 28.6 Å². The third-order valence-electron chi connectivity index (χ3n) is 10.3. The molecule has 0 amide bonds. The predicted octanol–water partition coefficient (Wildman–Crippen LogP) is 16.8. The van der Waals surface area contributed by atoms with Crippen LogP contribution >= 0.6 is 0 Å². The minimum atomic E-state index is -0.810. The molecule has 1 atom stereocenters. The summed E-state index contributed by atoms with van der Waals surface area (Å²) in [5.41, 5.74) is 0. The third kappa shape index (κ3) is 49.0. The van der Waals surface area contributed by atoms with Crippen molar-refractivity contribution >= 4 is 17.9 Å². The number of esters is 3. The van der Waals surface area contributed by atoms with E-state index in [-0.39, 0.29) is 37.5 Å². The van der Waals surface area contributed by atoms with Gasteiger partial charge in [-0.05, 0) is 96.3 Å². The average Bonchev–Trinajstić information content (AvgIpc) is 3.28. The van der Waals surface area contributed by atoms with Gasteiger partial charge in [0.05, 0.1) is 0 Å². The van der Waals surface area contributed by atoms with Crippen LogP contribution in [0.5, 0.6) is 0 Å². The van der Waals surface area contributed by atoms with Gasteiger partial charge in [-0.25, -0.2) is 0 Å². The topological polar surface area (TPSA) is 78.9 Å². The van der Waals surface area contributed by atoms with E-state index < -0.39 is 6.10 Å². The standard InChI is InChI=1S/C57H92O6/c1-4-7-10-13-16-19-22-24-26-28-30-32-35-37-40-43-46-49-55(58)61-52-54(63-57(60)51-48-45-42-39-34-21-18-15-12-9-6-3)53-62-56(59)50-47-44-41-38-36-33-31-29-27-25-23-20-17-14-11-8-5-2/h7-8,10-11,16-17,19-20,24-27,30-33,37,40,54H,4-6,9,12-15,18,21-23,28-29,34-36,38-39,41-53H2,1-3H3/b10-7-,11-8-,19-16-,20-17-,26-24-,27-25-,32-30-,33-31-,40-37-/t54-/m1/s1. The minimum Gasteiger partial charge on any atom is -0.462 e. The fraction of sp³-hybridized carbons (Fsp3) is 0.632. The van der Waals surface area contributed by atoms with Gasteiger partial charge in [-0.1, -0.05) is 207 Å². The largest absolute Gasteiger partial charge is 0.462 e. The van der Waals surface area contributed by atoms with Gasteiger partial charge >= 0.3 is 17.9 Å². The fourth-order valence-corrected chi connectivity index (χ4v) is 6.53. The Morgan fingerprint density at radius 3 is 1.03 bits per heavy atom. The highest BCUT2D eigenvalue weighted by Crippen LogP contribution is 2.13. The van der Waals surface area contributed by atoms with E-state index in [2.05, 4.69) is 130 Å². The first-order valence-electron chi connectivity index (χ1n) is 25.4. The van der Waals surface area contributed by atoms with Crippen molar-refractivity contribution in [2.24, 2.45) is 0 Å². The van der Waals surface area contributed by atoms with Gasteiger partial charge in [-0.2, -0.15) is 0 Å². The molecule has 356 valence electrons. The molecule has 0 heterocycles. The molecule has 0 rings (SSSR count). The van der Waals surface area contributed by atoms with Gasteiger partial charge in [-0.3, -0.25) is 14.4 Å². The van der Waals surface area contributed by atoms with E-state index in [0.29, 0.717) is 19.3 Å². The van der Waals surface area contributed by atoms with Crippen LogP contribution < -0.4 is 0 Å². The smallest absolute Gasteiger partial charge is 0.306 e. The molecule has 0 aliphatic heterocycles. The quantitative estimate of drug-likeness (QED) is 0.0263. The van der Waals surface area contributed by atoms with Gasteiger partial charge in [0.15, 0.2) is 6.10 Å². The lowest BCUT2D eigenvalue weighted by atomic mass is 10.1. The lowest BCUT2D eigenvalue weighted by Gasteiger charge is -2.18. The predicted molar refractivity (Wildman–Crippen MR) is 270 cm³/mol. The summed E-state index contributed by atoms with van der Waals surface area (Å²) in [6.07, 6.45) is 67.9. The zero-order chi connectivity index (χ0) is 45.8. The second-order valence-electron chi connectivity index (χ2n) is 16.3. The Morgan fingerprint density at radius 2 is 0.635 bits per heavy atom. The molecule has 0 aliphatic carbocycles. The molecule has 0 bridgehead atoms.